The van der Waals surface area contributed by atoms with E-state index in [0.717, 1.165) is 37.1 Å². The lowest BCUT2D eigenvalue weighted by molar-refractivity contribution is 0.193. The monoisotopic (exact) mass is 378 g/mol. The maximum atomic E-state index is 12.9. The number of aromatic nitrogens is 4. The fraction of sp³-hybridized carbons (Fsp3) is 0.400. The fourth-order valence-corrected chi connectivity index (χ4v) is 3.66. The standard InChI is InChI=1S/C20H22N6O2/c27-20(22-17-10-11-21-26(17)13-14-5-2-1-3-6-14)25-12-4-7-16(25)19-23-18(24-28-19)15-8-9-15/h1-3,5-6,10-11,15-16H,4,7-9,12-13H2,(H,22,27)/t16-/m0/s1. The van der Waals surface area contributed by atoms with Gasteiger partial charge >= 0.3 is 6.03 Å². The number of amides is 2. The molecule has 0 spiro atoms. The van der Waals surface area contributed by atoms with Gasteiger partial charge in [-0.25, -0.2) is 9.48 Å². The minimum atomic E-state index is -0.163. The molecular weight excluding hydrogens is 356 g/mol. The third-order valence-electron chi connectivity index (χ3n) is 5.33. The predicted octanol–water partition coefficient (Wildman–Crippen LogP) is 3.56. The minimum Gasteiger partial charge on any atom is -0.337 e. The molecule has 2 aliphatic rings. The zero-order chi connectivity index (χ0) is 18.9. The Kier molecular flexibility index (Phi) is 4.31. The summed E-state index contributed by atoms with van der Waals surface area (Å²) in [7, 11) is 0. The lowest BCUT2D eigenvalue weighted by Crippen LogP contribution is -2.35. The zero-order valence-electron chi connectivity index (χ0n) is 15.5. The van der Waals surface area contributed by atoms with Gasteiger partial charge in [-0.05, 0) is 31.2 Å². The van der Waals surface area contributed by atoms with Crippen LogP contribution in [0.1, 0.15) is 54.9 Å². The van der Waals surface area contributed by atoms with Gasteiger partial charge in [-0.15, -0.1) is 0 Å². The van der Waals surface area contributed by atoms with E-state index in [9.17, 15) is 4.79 Å². The SMILES string of the molecule is O=C(Nc1ccnn1Cc1ccccc1)N1CCC[C@H]1c1nc(C2CC2)no1. The zero-order valence-corrected chi connectivity index (χ0v) is 15.5. The van der Waals surface area contributed by atoms with Crippen molar-refractivity contribution < 1.29 is 9.32 Å². The van der Waals surface area contributed by atoms with E-state index in [1.54, 1.807) is 15.8 Å². The predicted molar refractivity (Wildman–Crippen MR) is 102 cm³/mol. The normalized spacial score (nSPS) is 19.1. The van der Waals surface area contributed by atoms with Crippen molar-refractivity contribution in [2.75, 3.05) is 11.9 Å². The first kappa shape index (κ1) is 17.0. The first-order valence-electron chi connectivity index (χ1n) is 9.75. The van der Waals surface area contributed by atoms with Gasteiger partial charge in [-0.1, -0.05) is 35.5 Å². The molecule has 1 aromatic carbocycles. The van der Waals surface area contributed by atoms with E-state index in [2.05, 4.69) is 20.6 Å². The molecule has 28 heavy (non-hydrogen) atoms. The van der Waals surface area contributed by atoms with Gasteiger partial charge < -0.3 is 9.42 Å². The first-order valence-corrected chi connectivity index (χ1v) is 9.75. The number of urea groups is 1. The molecule has 1 aliphatic carbocycles. The van der Waals surface area contributed by atoms with Crippen LogP contribution in [0.4, 0.5) is 10.6 Å². The highest BCUT2D eigenvalue weighted by Crippen LogP contribution is 2.39. The Morgan fingerprint density at radius 2 is 2.04 bits per heavy atom. The molecule has 8 heteroatoms. The van der Waals surface area contributed by atoms with Crippen LogP contribution in [0.25, 0.3) is 0 Å². The van der Waals surface area contributed by atoms with Crippen molar-refractivity contribution in [3.8, 4) is 0 Å². The van der Waals surface area contributed by atoms with Gasteiger partial charge in [0.25, 0.3) is 0 Å². The van der Waals surface area contributed by atoms with Gasteiger partial charge in [0.1, 0.15) is 11.9 Å². The molecule has 144 valence electrons. The Bertz CT molecular complexity index is 962. The Hall–Kier alpha value is -3.16. The summed E-state index contributed by atoms with van der Waals surface area (Å²) in [5.41, 5.74) is 1.12. The molecule has 1 saturated heterocycles. The molecular formula is C20H22N6O2. The number of carbonyl (C=O) groups excluding carboxylic acids is 1. The second-order valence-electron chi connectivity index (χ2n) is 7.41. The number of carbonyl (C=O) groups is 1. The summed E-state index contributed by atoms with van der Waals surface area (Å²) in [6, 6.07) is 11.5. The number of benzene rings is 1. The van der Waals surface area contributed by atoms with Gasteiger partial charge in [0.15, 0.2) is 5.82 Å². The second-order valence-corrected chi connectivity index (χ2v) is 7.41. The maximum Gasteiger partial charge on any atom is 0.323 e. The molecule has 0 radical (unpaired) electrons. The molecule has 1 saturated carbocycles. The molecule has 3 aromatic rings. The number of nitrogens with zero attached hydrogens (tertiary/aromatic N) is 5. The van der Waals surface area contributed by atoms with E-state index in [-0.39, 0.29) is 12.1 Å². The third kappa shape index (κ3) is 3.37. The highest BCUT2D eigenvalue weighted by Gasteiger charge is 2.36. The molecule has 2 fully saturated rings. The van der Waals surface area contributed by atoms with Gasteiger partial charge in [0, 0.05) is 18.5 Å². The smallest absolute Gasteiger partial charge is 0.323 e. The summed E-state index contributed by atoms with van der Waals surface area (Å²) in [4.78, 5) is 19.3. The third-order valence-corrected chi connectivity index (χ3v) is 5.33. The lowest BCUT2D eigenvalue weighted by Gasteiger charge is -2.22. The van der Waals surface area contributed by atoms with E-state index in [0.29, 0.717) is 30.7 Å². The van der Waals surface area contributed by atoms with Crippen LogP contribution in [0.15, 0.2) is 47.1 Å². The molecule has 2 aromatic heterocycles. The van der Waals surface area contributed by atoms with Crippen molar-refractivity contribution in [2.24, 2.45) is 0 Å². The lowest BCUT2D eigenvalue weighted by atomic mass is 10.2. The Balaban J connectivity index is 1.29. The van der Waals surface area contributed by atoms with Gasteiger partial charge in [0.2, 0.25) is 5.89 Å². The van der Waals surface area contributed by atoms with Crippen LogP contribution in [-0.2, 0) is 6.54 Å². The Labute approximate surface area is 162 Å². The van der Waals surface area contributed by atoms with Crippen LogP contribution in [0.2, 0.25) is 0 Å². The number of anilines is 1. The van der Waals surface area contributed by atoms with E-state index in [1.165, 1.54) is 0 Å². The van der Waals surface area contributed by atoms with E-state index < -0.39 is 0 Å². The van der Waals surface area contributed by atoms with Crippen molar-refractivity contribution in [2.45, 2.75) is 44.2 Å². The highest BCUT2D eigenvalue weighted by atomic mass is 16.5. The van der Waals surface area contributed by atoms with Crippen LogP contribution in [-0.4, -0.2) is 37.4 Å². The van der Waals surface area contributed by atoms with Crippen molar-refractivity contribution in [1.29, 1.82) is 0 Å². The number of likely N-dealkylation sites (tertiary alicyclic amines) is 1. The summed E-state index contributed by atoms with van der Waals surface area (Å²) in [5, 5.41) is 11.4. The molecule has 2 amide bonds. The van der Waals surface area contributed by atoms with Gasteiger partial charge in [-0.3, -0.25) is 5.32 Å². The molecule has 0 bridgehead atoms. The van der Waals surface area contributed by atoms with Gasteiger partial charge in [0.05, 0.1) is 12.7 Å². The molecule has 5 rings (SSSR count). The van der Waals surface area contributed by atoms with Crippen molar-refractivity contribution >= 4 is 11.8 Å². The molecule has 8 nitrogen and oxygen atoms in total. The van der Waals surface area contributed by atoms with Crippen molar-refractivity contribution in [3.63, 3.8) is 0 Å². The van der Waals surface area contributed by atoms with E-state index >= 15 is 0 Å². The quantitative estimate of drug-likeness (QED) is 0.733. The maximum absolute atomic E-state index is 12.9. The molecule has 1 atom stereocenters. The topological polar surface area (TPSA) is 89.1 Å². The highest BCUT2D eigenvalue weighted by molar-refractivity contribution is 5.88. The summed E-state index contributed by atoms with van der Waals surface area (Å²) in [5.74, 6) is 2.44. The Morgan fingerprint density at radius 3 is 2.86 bits per heavy atom. The number of rotatable bonds is 5. The largest absolute Gasteiger partial charge is 0.337 e. The van der Waals surface area contributed by atoms with E-state index in [4.69, 9.17) is 4.52 Å². The van der Waals surface area contributed by atoms with Crippen LogP contribution < -0.4 is 5.32 Å². The summed E-state index contributed by atoms with van der Waals surface area (Å²) < 4.78 is 7.26. The average Bonchev–Trinajstić information content (AvgIpc) is 3.11. The minimum absolute atomic E-state index is 0.162. The molecule has 0 unspecified atom stereocenters. The van der Waals surface area contributed by atoms with Crippen LogP contribution in [0.3, 0.4) is 0 Å². The average molecular weight is 378 g/mol. The van der Waals surface area contributed by atoms with Crippen LogP contribution in [0, 0.1) is 0 Å². The number of hydrogen-bond acceptors (Lipinski definition) is 5. The summed E-state index contributed by atoms with van der Waals surface area (Å²) in [6.45, 7) is 1.27. The number of nitrogens with one attached hydrogen (secondary N) is 1. The van der Waals surface area contributed by atoms with Crippen LogP contribution >= 0.6 is 0 Å². The molecule has 3 heterocycles. The second kappa shape index (κ2) is 7.10. The number of hydrogen-bond donors (Lipinski definition) is 1. The first-order chi connectivity index (χ1) is 13.8. The summed E-state index contributed by atoms with van der Waals surface area (Å²) >= 11 is 0. The van der Waals surface area contributed by atoms with Crippen LogP contribution in [0.5, 0.6) is 0 Å². The fourth-order valence-electron chi connectivity index (χ4n) is 3.66. The van der Waals surface area contributed by atoms with E-state index in [1.807, 2.05) is 36.4 Å². The van der Waals surface area contributed by atoms with Gasteiger partial charge in [-0.2, -0.15) is 10.1 Å². The molecule has 1 N–H and O–H groups in total. The van der Waals surface area contributed by atoms with Crippen molar-refractivity contribution in [3.05, 3.63) is 59.9 Å². The summed E-state index contributed by atoms with van der Waals surface area (Å²) in [6.07, 6.45) is 5.70. The Morgan fingerprint density at radius 1 is 1.18 bits per heavy atom. The van der Waals surface area contributed by atoms with Crippen molar-refractivity contribution in [1.82, 2.24) is 24.8 Å². The molecule has 1 aliphatic heterocycles.